The van der Waals surface area contributed by atoms with Crippen molar-refractivity contribution in [2.24, 2.45) is 0 Å². The van der Waals surface area contributed by atoms with Gasteiger partial charge in [0, 0.05) is 23.9 Å². The highest BCUT2D eigenvalue weighted by molar-refractivity contribution is 6.33. The predicted molar refractivity (Wildman–Crippen MR) is 147 cm³/mol. The third-order valence-corrected chi connectivity index (χ3v) is 7.88. The molecule has 38 heavy (non-hydrogen) atoms. The van der Waals surface area contributed by atoms with Gasteiger partial charge in [0.2, 0.25) is 0 Å². The summed E-state index contributed by atoms with van der Waals surface area (Å²) in [6, 6.07) is 8.03. The number of halogens is 2. The highest BCUT2D eigenvalue weighted by Crippen LogP contribution is 2.47. The molecule has 0 radical (unpaired) electrons. The average molecular weight is 535 g/mol. The summed E-state index contributed by atoms with van der Waals surface area (Å²) in [5.41, 5.74) is 2.30. The largest absolute Gasteiger partial charge is 0.507 e. The lowest BCUT2D eigenvalue weighted by Crippen LogP contribution is -2.43. The topological polar surface area (TPSA) is 80.5 Å². The minimum atomic E-state index is -0.652. The fourth-order valence-electron chi connectivity index (χ4n) is 5.75. The molecule has 4 aromatic rings. The van der Waals surface area contributed by atoms with E-state index in [4.69, 9.17) is 16.3 Å². The number of phenolic OH excluding ortho intramolecular Hbond substituents is 1. The van der Waals surface area contributed by atoms with Crippen LogP contribution >= 0.6 is 11.6 Å². The van der Waals surface area contributed by atoms with Gasteiger partial charge < -0.3 is 14.7 Å². The molecular weight excluding hydrogens is 507 g/mol. The third-order valence-electron chi connectivity index (χ3n) is 7.56. The van der Waals surface area contributed by atoms with Crippen molar-refractivity contribution in [3.05, 3.63) is 69.1 Å². The fraction of sp³-hybridized carbons (Fsp3) is 0.345. The Bertz CT molecular complexity index is 1630. The van der Waals surface area contributed by atoms with Gasteiger partial charge in [-0.05, 0) is 61.9 Å². The third kappa shape index (κ3) is 3.73. The summed E-state index contributed by atoms with van der Waals surface area (Å²) in [6.07, 6.45) is 4.55. The summed E-state index contributed by atoms with van der Waals surface area (Å²) < 4.78 is 24.1. The van der Waals surface area contributed by atoms with Gasteiger partial charge in [-0.3, -0.25) is 9.55 Å². The summed E-state index contributed by atoms with van der Waals surface area (Å²) in [5.74, 6) is -0.370. The van der Waals surface area contributed by atoms with Crippen LogP contribution in [0.15, 0.2) is 41.3 Å². The van der Waals surface area contributed by atoms with Crippen LogP contribution in [-0.4, -0.2) is 38.8 Å². The molecule has 196 valence electrons. The fourth-order valence-corrected chi connectivity index (χ4v) is 6.02. The zero-order valence-corrected chi connectivity index (χ0v) is 22.2. The quantitative estimate of drug-likeness (QED) is 0.340. The Morgan fingerprint density at radius 2 is 2.05 bits per heavy atom. The first-order chi connectivity index (χ1) is 18.3. The van der Waals surface area contributed by atoms with Crippen LogP contribution in [-0.2, 0) is 0 Å². The lowest BCUT2D eigenvalue weighted by molar-refractivity contribution is 0.258. The maximum Gasteiger partial charge on any atom is 0.354 e. The molecule has 9 heteroatoms. The molecule has 0 aliphatic carbocycles. The second kappa shape index (κ2) is 9.27. The first-order valence-electron chi connectivity index (χ1n) is 12.9. The van der Waals surface area contributed by atoms with Gasteiger partial charge >= 0.3 is 5.69 Å². The number of rotatable bonds is 3. The van der Waals surface area contributed by atoms with Crippen LogP contribution in [0.1, 0.15) is 50.3 Å². The standard InChI is InChI=1S/C29H28ClFN4O3/c1-15(2)25-26(16(3)10-11-32-25)35-20-13-18(22-19(30)8-6-9-21(22)36)24(31)27-23(20)28(33-29(35)37)34-12-5-4-7-17(34)14-38-27/h6,8-11,13,15,17,36H,4-5,7,12,14H2,1-3H3/t17-/m1/s1. The van der Waals surface area contributed by atoms with Gasteiger partial charge in [0.05, 0.1) is 33.3 Å². The Morgan fingerprint density at radius 3 is 2.82 bits per heavy atom. The monoisotopic (exact) mass is 534 g/mol. The number of aromatic nitrogens is 3. The van der Waals surface area contributed by atoms with Crippen LogP contribution in [0.2, 0.25) is 5.02 Å². The lowest BCUT2D eigenvalue weighted by atomic mass is 9.99. The minimum Gasteiger partial charge on any atom is -0.507 e. The molecule has 2 aromatic carbocycles. The molecule has 0 amide bonds. The SMILES string of the molecule is Cc1ccnc(C(C)C)c1-n1c(=O)nc2c3c(c(F)c(-c4c(O)cccc4Cl)cc31)OC[C@H]1CCCCN21. The van der Waals surface area contributed by atoms with Crippen LogP contribution in [0.5, 0.6) is 11.5 Å². The van der Waals surface area contributed by atoms with Crippen LogP contribution in [0.4, 0.5) is 10.2 Å². The van der Waals surface area contributed by atoms with Crippen molar-refractivity contribution < 1.29 is 14.2 Å². The summed E-state index contributed by atoms with van der Waals surface area (Å²) in [7, 11) is 0. The van der Waals surface area contributed by atoms with Crippen LogP contribution < -0.4 is 15.3 Å². The number of hydrogen-bond acceptors (Lipinski definition) is 6. The zero-order chi connectivity index (χ0) is 26.7. The van der Waals surface area contributed by atoms with Gasteiger partial charge in [-0.25, -0.2) is 9.18 Å². The Morgan fingerprint density at radius 1 is 1.24 bits per heavy atom. The number of nitrogens with zero attached hydrogens (tertiary/aromatic N) is 4. The predicted octanol–water partition coefficient (Wildman–Crippen LogP) is 6.13. The molecular formula is C29H28ClFN4O3. The van der Waals surface area contributed by atoms with E-state index in [0.717, 1.165) is 30.5 Å². The molecule has 0 saturated carbocycles. The minimum absolute atomic E-state index is 0.00936. The Balaban J connectivity index is 1.80. The van der Waals surface area contributed by atoms with Crippen molar-refractivity contribution in [1.82, 2.24) is 14.5 Å². The number of aryl methyl sites for hydroxylation is 1. The average Bonchev–Trinajstić information content (AvgIpc) is 3.05. The van der Waals surface area contributed by atoms with Gasteiger partial charge in [0.25, 0.3) is 0 Å². The summed E-state index contributed by atoms with van der Waals surface area (Å²) >= 11 is 6.47. The van der Waals surface area contributed by atoms with Gasteiger partial charge in [0.1, 0.15) is 18.2 Å². The highest BCUT2D eigenvalue weighted by atomic mass is 35.5. The number of phenols is 1. The Kier molecular flexibility index (Phi) is 6.02. The molecule has 1 saturated heterocycles. The van der Waals surface area contributed by atoms with E-state index in [1.165, 1.54) is 10.6 Å². The van der Waals surface area contributed by atoms with Crippen molar-refractivity contribution >= 4 is 28.3 Å². The number of aromatic hydroxyl groups is 1. The maximum absolute atomic E-state index is 16.4. The molecule has 7 nitrogen and oxygen atoms in total. The molecule has 0 unspecified atom stereocenters. The van der Waals surface area contributed by atoms with Crippen LogP contribution in [0.25, 0.3) is 27.7 Å². The molecule has 0 spiro atoms. The van der Waals surface area contributed by atoms with E-state index < -0.39 is 11.5 Å². The van der Waals surface area contributed by atoms with E-state index in [-0.39, 0.29) is 46.2 Å². The van der Waals surface area contributed by atoms with E-state index >= 15 is 4.39 Å². The number of benzene rings is 2. The van der Waals surface area contributed by atoms with Crippen LogP contribution in [0, 0.1) is 12.7 Å². The summed E-state index contributed by atoms with van der Waals surface area (Å²) in [5, 5.41) is 11.3. The molecule has 2 aliphatic rings. The number of anilines is 1. The first-order valence-corrected chi connectivity index (χ1v) is 13.3. The molecule has 2 aromatic heterocycles. The van der Waals surface area contributed by atoms with Gasteiger partial charge in [-0.1, -0.05) is 31.5 Å². The van der Waals surface area contributed by atoms with E-state index in [9.17, 15) is 9.90 Å². The number of piperidine rings is 1. The molecule has 0 bridgehead atoms. The van der Waals surface area contributed by atoms with E-state index in [0.29, 0.717) is 29.0 Å². The lowest BCUT2D eigenvalue weighted by Gasteiger charge is -2.35. The maximum atomic E-state index is 16.4. The van der Waals surface area contributed by atoms with Gasteiger partial charge in [-0.15, -0.1) is 0 Å². The molecule has 6 rings (SSSR count). The van der Waals surface area contributed by atoms with Crippen molar-refractivity contribution in [2.45, 2.75) is 52.0 Å². The van der Waals surface area contributed by atoms with E-state index in [1.807, 2.05) is 26.8 Å². The summed E-state index contributed by atoms with van der Waals surface area (Å²) in [6.45, 7) is 6.90. The van der Waals surface area contributed by atoms with Crippen molar-refractivity contribution in [3.63, 3.8) is 0 Å². The second-order valence-corrected chi connectivity index (χ2v) is 10.7. The van der Waals surface area contributed by atoms with Crippen LogP contribution in [0.3, 0.4) is 0 Å². The number of ether oxygens (including phenoxy) is 1. The normalized spacial score (nSPS) is 16.9. The second-order valence-electron chi connectivity index (χ2n) is 10.3. The Hall–Kier alpha value is -3.65. The van der Waals surface area contributed by atoms with E-state index in [2.05, 4.69) is 14.9 Å². The van der Waals surface area contributed by atoms with Crippen molar-refractivity contribution in [3.8, 4) is 28.3 Å². The van der Waals surface area contributed by atoms with Gasteiger partial charge in [-0.2, -0.15) is 4.98 Å². The smallest absolute Gasteiger partial charge is 0.354 e. The first kappa shape index (κ1) is 24.7. The Labute approximate surface area is 224 Å². The molecule has 1 atom stereocenters. The molecule has 2 aliphatic heterocycles. The summed E-state index contributed by atoms with van der Waals surface area (Å²) in [4.78, 5) is 25.1. The molecule has 1 fully saturated rings. The molecule has 1 N–H and O–H groups in total. The van der Waals surface area contributed by atoms with Gasteiger partial charge in [0.15, 0.2) is 11.6 Å². The van der Waals surface area contributed by atoms with Crippen molar-refractivity contribution in [2.75, 3.05) is 18.1 Å². The molecule has 4 heterocycles. The number of fused-ring (bicyclic) bond motifs is 2. The zero-order valence-electron chi connectivity index (χ0n) is 21.5. The number of pyridine rings is 1. The van der Waals surface area contributed by atoms with E-state index in [1.54, 1.807) is 24.4 Å². The number of hydrogen-bond donors (Lipinski definition) is 1. The van der Waals surface area contributed by atoms with Crippen molar-refractivity contribution in [1.29, 1.82) is 0 Å². The highest BCUT2D eigenvalue weighted by Gasteiger charge is 2.35.